The van der Waals surface area contributed by atoms with Crippen molar-refractivity contribution in [3.8, 4) is 5.75 Å². The van der Waals surface area contributed by atoms with Crippen molar-refractivity contribution >= 4 is 28.9 Å². The standard InChI is InChI=1S/C28H36N4O8/c1-6-40-30-17(9-10-31(2)3)14-7-8-18(33)20-15(14)11-13-12-16-22(32(4)5)24(35)21(27(29)38)26(37)28(16,39)25(36)19(13)23(20)34/h7-8,13,16,22,33-34,37,39H,6,9-12H2,1-5H3,(H2,29,38)/b30-17-/t13-,16-,22-,28-/m0/s1. The molecule has 3 aliphatic carbocycles. The van der Waals surface area contributed by atoms with Gasteiger partial charge in [-0.3, -0.25) is 19.3 Å². The molecule has 12 heteroatoms. The Bertz CT molecular complexity index is 1360. The number of aliphatic hydroxyl groups is 3. The number of Topliss-reactive ketones (excluding diaryl/α,β-unsaturated/α-hetero) is 2. The zero-order valence-electron chi connectivity index (χ0n) is 23.3. The third-order valence-electron chi connectivity index (χ3n) is 8.01. The molecule has 3 aliphatic rings. The van der Waals surface area contributed by atoms with Gasteiger partial charge in [-0.15, -0.1) is 0 Å². The fraction of sp³-hybridized carbons (Fsp3) is 0.500. The Labute approximate surface area is 232 Å². The molecule has 1 saturated carbocycles. The van der Waals surface area contributed by atoms with E-state index in [1.165, 1.54) is 11.0 Å². The molecule has 1 amide bonds. The lowest BCUT2D eigenvalue weighted by molar-refractivity contribution is -0.153. The second-order valence-electron chi connectivity index (χ2n) is 11.0. The van der Waals surface area contributed by atoms with Crippen molar-refractivity contribution in [1.82, 2.24) is 9.80 Å². The number of phenols is 1. The summed E-state index contributed by atoms with van der Waals surface area (Å²) < 4.78 is 0. The molecule has 216 valence electrons. The van der Waals surface area contributed by atoms with Crippen LogP contribution in [0.25, 0.3) is 5.76 Å². The van der Waals surface area contributed by atoms with E-state index in [1.54, 1.807) is 27.1 Å². The minimum absolute atomic E-state index is 0.0104. The van der Waals surface area contributed by atoms with Crippen LogP contribution in [0.4, 0.5) is 0 Å². The molecule has 6 N–H and O–H groups in total. The van der Waals surface area contributed by atoms with Crippen molar-refractivity contribution in [2.75, 3.05) is 41.3 Å². The van der Waals surface area contributed by atoms with Gasteiger partial charge in [0.1, 0.15) is 29.4 Å². The number of fused-ring (bicyclic) bond motifs is 3. The molecule has 0 unspecified atom stereocenters. The Hall–Kier alpha value is -3.74. The summed E-state index contributed by atoms with van der Waals surface area (Å²) in [5, 5.41) is 49.2. The number of ketones is 2. The fourth-order valence-corrected chi connectivity index (χ4v) is 6.22. The molecule has 0 radical (unpaired) electrons. The number of nitrogens with two attached hydrogens (primary N) is 1. The van der Waals surface area contributed by atoms with Crippen LogP contribution in [0.15, 0.2) is 34.2 Å². The van der Waals surface area contributed by atoms with E-state index < -0.39 is 58.0 Å². The number of amides is 1. The topological polar surface area (TPSA) is 186 Å². The molecule has 0 spiro atoms. The van der Waals surface area contributed by atoms with E-state index in [1.807, 2.05) is 19.0 Å². The number of benzene rings is 1. The summed E-state index contributed by atoms with van der Waals surface area (Å²) in [7, 11) is 6.95. The first kappa shape index (κ1) is 29.2. The third kappa shape index (κ3) is 4.45. The van der Waals surface area contributed by atoms with Gasteiger partial charge in [-0.25, -0.2) is 0 Å². The van der Waals surface area contributed by atoms with Gasteiger partial charge in [0.15, 0.2) is 11.4 Å². The van der Waals surface area contributed by atoms with Crippen molar-refractivity contribution in [2.45, 2.75) is 37.8 Å². The Morgan fingerprint density at radius 3 is 2.42 bits per heavy atom. The van der Waals surface area contributed by atoms with Crippen LogP contribution >= 0.6 is 0 Å². The summed E-state index contributed by atoms with van der Waals surface area (Å²) in [6, 6.07) is 1.93. The molecular weight excluding hydrogens is 520 g/mol. The molecule has 12 nitrogen and oxygen atoms in total. The molecule has 0 saturated heterocycles. The summed E-state index contributed by atoms with van der Waals surface area (Å²) in [5.41, 5.74) is 3.43. The van der Waals surface area contributed by atoms with Crippen molar-refractivity contribution in [3.05, 3.63) is 45.7 Å². The number of phenolic OH excluding ortho intramolecular Hbond substituents is 1. The minimum Gasteiger partial charge on any atom is -0.508 e. The van der Waals surface area contributed by atoms with Gasteiger partial charge < -0.3 is 35.9 Å². The number of carbonyl (C=O) groups excluding carboxylic acids is 3. The lowest BCUT2D eigenvalue weighted by atomic mass is 9.57. The van der Waals surface area contributed by atoms with E-state index in [9.17, 15) is 34.8 Å². The molecule has 1 aromatic rings. The molecule has 4 rings (SSSR count). The van der Waals surface area contributed by atoms with Crippen molar-refractivity contribution in [1.29, 1.82) is 0 Å². The molecule has 0 aliphatic heterocycles. The largest absolute Gasteiger partial charge is 0.508 e. The highest BCUT2D eigenvalue weighted by molar-refractivity contribution is 6.24. The monoisotopic (exact) mass is 556 g/mol. The number of nitrogens with zero attached hydrogens (tertiary/aromatic N) is 3. The normalized spacial score (nSPS) is 26.7. The fourth-order valence-electron chi connectivity index (χ4n) is 6.22. The highest BCUT2D eigenvalue weighted by Crippen LogP contribution is 2.53. The van der Waals surface area contributed by atoms with Crippen molar-refractivity contribution in [2.24, 2.45) is 22.7 Å². The van der Waals surface area contributed by atoms with Crippen LogP contribution < -0.4 is 5.73 Å². The maximum absolute atomic E-state index is 14.0. The molecule has 4 atom stereocenters. The zero-order chi connectivity index (χ0) is 29.7. The predicted octanol–water partition coefficient (Wildman–Crippen LogP) is 0.656. The summed E-state index contributed by atoms with van der Waals surface area (Å²) >= 11 is 0. The number of oxime groups is 1. The third-order valence-corrected chi connectivity index (χ3v) is 8.01. The van der Waals surface area contributed by atoms with Gasteiger partial charge in [0.25, 0.3) is 5.91 Å². The number of hydrogen-bond acceptors (Lipinski definition) is 11. The molecule has 40 heavy (non-hydrogen) atoms. The Morgan fingerprint density at radius 1 is 1.18 bits per heavy atom. The lowest BCUT2D eigenvalue weighted by Crippen LogP contribution is -2.65. The minimum atomic E-state index is -2.68. The van der Waals surface area contributed by atoms with E-state index >= 15 is 0 Å². The van der Waals surface area contributed by atoms with Crippen LogP contribution in [0.5, 0.6) is 5.75 Å². The molecule has 0 aromatic heterocycles. The summed E-state index contributed by atoms with van der Waals surface area (Å²) in [5.74, 6) is -6.87. The second-order valence-corrected chi connectivity index (χ2v) is 11.0. The number of aromatic hydroxyl groups is 1. The maximum atomic E-state index is 14.0. The Kier molecular flexibility index (Phi) is 7.81. The summed E-state index contributed by atoms with van der Waals surface area (Å²) in [4.78, 5) is 48.1. The van der Waals surface area contributed by atoms with Gasteiger partial charge in [-0.05, 0) is 71.6 Å². The summed E-state index contributed by atoms with van der Waals surface area (Å²) in [6.07, 6.45) is 0.682. The number of likely N-dealkylation sites (N-methyl/N-ethyl adjacent to an activating group) is 1. The number of carbonyl (C=O) groups is 3. The number of aliphatic hydroxyl groups excluding tert-OH is 2. The predicted molar refractivity (Wildman–Crippen MR) is 146 cm³/mol. The molecule has 1 fully saturated rings. The van der Waals surface area contributed by atoms with Gasteiger partial charge in [-0.1, -0.05) is 5.16 Å². The van der Waals surface area contributed by atoms with Gasteiger partial charge in [0.2, 0.25) is 5.78 Å². The van der Waals surface area contributed by atoms with Crippen molar-refractivity contribution in [3.63, 3.8) is 0 Å². The first-order valence-electron chi connectivity index (χ1n) is 13.1. The Balaban J connectivity index is 1.93. The smallest absolute Gasteiger partial charge is 0.255 e. The van der Waals surface area contributed by atoms with Crippen molar-refractivity contribution < 1.29 is 39.6 Å². The average molecular weight is 557 g/mol. The first-order chi connectivity index (χ1) is 18.8. The number of hydrogen-bond donors (Lipinski definition) is 5. The van der Waals surface area contributed by atoms with Gasteiger partial charge in [0, 0.05) is 30.0 Å². The quantitative estimate of drug-likeness (QED) is 0.173. The van der Waals surface area contributed by atoms with Gasteiger partial charge >= 0.3 is 0 Å². The number of rotatable bonds is 8. The van der Waals surface area contributed by atoms with E-state index in [0.717, 1.165) is 0 Å². The second kappa shape index (κ2) is 10.7. The Morgan fingerprint density at radius 2 is 1.85 bits per heavy atom. The average Bonchev–Trinajstić information content (AvgIpc) is 2.86. The van der Waals surface area contributed by atoms with E-state index in [-0.39, 0.29) is 29.7 Å². The summed E-state index contributed by atoms with van der Waals surface area (Å²) in [6.45, 7) is 2.78. The first-order valence-corrected chi connectivity index (χ1v) is 13.1. The molecular formula is C28H36N4O8. The van der Waals surface area contributed by atoms with Gasteiger partial charge in [-0.2, -0.15) is 0 Å². The highest BCUT2D eigenvalue weighted by atomic mass is 16.6. The van der Waals surface area contributed by atoms with Crippen LogP contribution in [0.1, 0.15) is 36.5 Å². The van der Waals surface area contributed by atoms with Crippen LogP contribution in [0.2, 0.25) is 0 Å². The lowest BCUT2D eigenvalue weighted by Gasteiger charge is -2.50. The molecule has 0 bridgehead atoms. The van der Waals surface area contributed by atoms with Crippen LogP contribution in [-0.4, -0.2) is 106 Å². The molecule has 1 aromatic carbocycles. The zero-order valence-corrected chi connectivity index (χ0v) is 23.3. The van der Waals surface area contributed by atoms with Crippen LogP contribution in [0, 0.1) is 11.8 Å². The van der Waals surface area contributed by atoms with E-state index in [2.05, 4.69) is 5.16 Å². The van der Waals surface area contributed by atoms with Gasteiger partial charge in [0.05, 0.1) is 17.3 Å². The van der Waals surface area contributed by atoms with E-state index in [0.29, 0.717) is 36.4 Å². The molecule has 0 heterocycles. The van der Waals surface area contributed by atoms with E-state index in [4.69, 9.17) is 10.6 Å². The van der Waals surface area contributed by atoms with Crippen LogP contribution in [-0.2, 0) is 25.6 Å². The number of primary amides is 1. The SMILES string of the molecule is CCO/N=C(/CCN(C)C)c1ccc(O)c2c1C[C@H]1C[C@H]3[C@H](N(C)C)C(=O)C(C(N)=O)=C(O)[C@@]3(O)C(=O)C1=C2O. The highest BCUT2D eigenvalue weighted by Gasteiger charge is 2.64. The van der Waals surface area contributed by atoms with Crippen LogP contribution in [0.3, 0.4) is 0 Å². The maximum Gasteiger partial charge on any atom is 0.255 e.